The molecule has 0 aliphatic heterocycles. The number of esters is 2. The Kier molecular flexibility index (Phi) is 24.9. The van der Waals surface area contributed by atoms with Gasteiger partial charge in [-0.15, -0.1) is 0 Å². The van der Waals surface area contributed by atoms with Gasteiger partial charge in [0, 0.05) is 12.8 Å². The second-order valence-electron chi connectivity index (χ2n) is 12.2. The van der Waals surface area contributed by atoms with E-state index in [1.165, 1.54) is 70.6 Å². The summed E-state index contributed by atoms with van der Waals surface area (Å²) >= 11 is 0. The van der Waals surface area contributed by atoms with Gasteiger partial charge in [0.05, 0.1) is 27.7 Å². The molecular weight excluding hydrogens is 545 g/mol. The lowest BCUT2D eigenvalue weighted by Crippen LogP contribution is -2.37. The summed E-state index contributed by atoms with van der Waals surface area (Å²) in [5, 5.41) is 0. The Labute approximate surface area is 251 Å². The number of ether oxygens (including phenoxy) is 2. The Morgan fingerprint density at radius 1 is 0.659 bits per heavy atom. The highest BCUT2D eigenvalue weighted by Crippen LogP contribution is 2.43. The molecule has 0 heterocycles. The van der Waals surface area contributed by atoms with E-state index in [2.05, 4.69) is 13.8 Å². The van der Waals surface area contributed by atoms with Crippen LogP contribution in [-0.2, 0) is 32.7 Å². The van der Waals surface area contributed by atoms with Crippen LogP contribution in [0, 0.1) is 0 Å². The van der Waals surface area contributed by atoms with Crippen LogP contribution >= 0.6 is 7.82 Å². The minimum Gasteiger partial charge on any atom is -0.462 e. The van der Waals surface area contributed by atoms with Crippen LogP contribution in [0.25, 0.3) is 0 Å². The maximum Gasteiger partial charge on any atom is 0.472 e. The fourth-order valence-corrected chi connectivity index (χ4v) is 4.99. The number of quaternary nitrogens is 1. The molecule has 0 fully saturated rings. The maximum absolute atomic E-state index is 12.5. The summed E-state index contributed by atoms with van der Waals surface area (Å²) in [6.45, 7) is 4.33. The average molecular weight is 609 g/mol. The summed E-state index contributed by atoms with van der Waals surface area (Å²) in [5.74, 6) is -0.805. The molecule has 0 aliphatic carbocycles. The molecule has 0 saturated carbocycles. The van der Waals surface area contributed by atoms with Crippen LogP contribution in [0.15, 0.2) is 0 Å². The highest BCUT2D eigenvalue weighted by atomic mass is 31.2. The van der Waals surface area contributed by atoms with E-state index in [9.17, 15) is 19.0 Å². The smallest absolute Gasteiger partial charge is 0.462 e. The van der Waals surface area contributed by atoms with Gasteiger partial charge < -0.3 is 18.9 Å². The summed E-state index contributed by atoms with van der Waals surface area (Å²) in [4.78, 5) is 34.8. The lowest BCUT2D eigenvalue weighted by Gasteiger charge is -2.24. The topological polar surface area (TPSA) is 108 Å². The Hall–Kier alpha value is -0.990. The van der Waals surface area contributed by atoms with Crippen molar-refractivity contribution in [2.24, 2.45) is 0 Å². The first kappa shape index (κ1) is 40.0. The predicted molar refractivity (Wildman–Crippen MR) is 165 cm³/mol. The Morgan fingerprint density at radius 3 is 1.56 bits per heavy atom. The third-order valence-corrected chi connectivity index (χ3v) is 7.87. The van der Waals surface area contributed by atoms with Crippen molar-refractivity contribution >= 4 is 19.8 Å². The van der Waals surface area contributed by atoms with Gasteiger partial charge in [-0.1, -0.05) is 110 Å². The van der Waals surface area contributed by atoms with Crippen molar-refractivity contribution in [2.45, 2.75) is 142 Å². The van der Waals surface area contributed by atoms with Crippen LogP contribution in [0.1, 0.15) is 136 Å². The Bertz CT molecular complexity index is 698. The van der Waals surface area contributed by atoms with Gasteiger partial charge in [0.25, 0.3) is 0 Å². The van der Waals surface area contributed by atoms with Crippen LogP contribution in [0.4, 0.5) is 0 Å². The normalized spacial score (nSPS) is 14.0. The molecule has 0 aromatic carbocycles. The van der Waals surface area contributed by atoms with E-state index in [1.54, 1.807) is 0 Å². The summed E-state index contributed by atoms with van der Waals surface area (Å²) in [7, 11) is 1.48. The molecule has 0 amide bonds. The molecule has 2 unspecified atom stereocenters. The lowest BCUT2D eigenvalue weighted by atomic mass is 10.1. The number of hydrogen-bond acceptors (Lipinski definition) is 7. The monoisotopic (exact) mass is 608 g/mol. The standard InChI is InChI=1S/C31H62NO8P/c1-6-8-10-12-14-15-16-18-20-22-24-31(34)40-29(28-39-41(35,36)38-26-25-32(3,4)5)27-37-30(33)23-21-19-17-13-11-9-7-2/h29H,6-28H2,1-5H3/p+1. The fraction of sp³-hybridized carbons (Fsp3) is 0.935. The molecule has 2 atom stereocenters. The van der Waals surface area contributed by atoms with E-state index in [0.29, 0.717) is 23.9 Å². The largest absolute Gasteiger partial charge is 0.472 e. The summed E-state index contributed by atoms with van der Waals surface area (Å²) < 4.78 is 33.9. The van der Waals surface area contributed by atoms with E-state index < -0.39 is 26.5 Å². The second kappa shape index (κ2) is 25.5. The first-order chi connectivity index (χ1) is 19.5. The second-order valence-corrected chi connectivity index (χ2v) is 13.7. The van der Waals surface area contributed by atoms with Crippen molar-refractivity contribution in [3.63, 3.8) is 0 Å². The Morgan fingerprint density at radius 2 is 1.10 bits per heavy atom. The van der Waals surface area contributed by atoms with Gasteiger partial charge in [0.15, 0.2) is 6.10 Å². The molecule has 0 saturated heterocycles. The number of nitrogens with zero attached hydrogens (tertiary/aromatic N) is 1. The first-order valence-corrected chi connectivity index (χ1v) is 17.8. The van der Waals surface area contributed by atoms with Crippen molar-refractivity contribution in [3.8, 4) is 0 Å². The molecule has 1 N–H and O–H groups in total. The predicted octanol–water partition coefficient (Wildman–Crippen LogP) is 7.73. The van der Waals surface area contributed by atoms with Crippen molar-refractivity contribution < 1.29 is 42.1 Å². The molecule has 10 heteroatoms. The minimum absolute atomic E-state index is 0.0356. The van der Waals surface area contributed by atoms with Crippen molar-refractivity contribution in [1.29, 1.82) is 0 Å². The van der Waals surface area contributed by atoms with Crippen LogP contribution in [0.3, 0.4) is 0 Å². The highest BCUT2D eigenvalue weighted by molar-refractivity contribution is 7.47. The van der Waals surface area contributed by atoms with Gasteiger partial charge in [-0.3, -0.25) is 18.6 Å². The number of rotatable bonds is 29. The molecule has 41 heavy (non-hydrogen) atoms. The zero-order valence-electron chi connectivity index (χ0n) is 27.0. The van der Waals surface area contributed by atoms with Crippen LogP contribution < -0.4 is 0 Å². The van der Waals surface area contributed by atoms with Crippen molar-refractivity contribution in [1.82, 2.24) is 0 Å². The number of hydrogen-bond donors (Lipinski definition) is 1. The third kappa shape index (κ3) is 28.9. The summed E-state index contributed by atoms with van der Waals surface area (Å²) in [5.41, 5.74) is 0. The molecule has 0 rings (SSSR count). The quantitative estimate of drug-likeness (QED) is 0.0398. The molecule has 0 radical (unpaired) electrons. The van der Waals surface area contributed by atoms with E-state index >= 15 is 0 Å². The zero-order chi connectivity index (χ0) is 30.8. The Balaban J connectivity index is 4.52. The van der Waals surface area contributed by atoms with Crippen LogP contribution in [0.5, 0.6) is 0 Å². The SMILES string of the molecule is CCCCCCCCCCCCC(=O)OC(COC(=O)CCCCCCCCC)COP(=O)(O)OCC[N+](C)(C)C. The fourth-order valence-electron chi connectivity index (χ4n) is 4.25. The summed E-state index contributed by atoms with van der Waals surface area (Å²) in [6.07, 6.45) is 18.8. The number of carbonyl (C=O) groups is 2. The molecule has 244 valence electrons. The molecule has 0 aromatic heterocycles. The van der Waals surface area contributed by atoms with E-state index in [0.717, 1.165) is 32.1 Å². The number of likely N-dealkylation sites (N-methyl/N-ethyl adjacent to an activating group) is 1. The van der Waals surface area contributed by atoms with Crippen molar-refractivity contribution in [3.05, 3.63) is 0 Å². The van der Waals surface area contributed by atoms with Gasteiger partial charge in [0.2, 0.25) is 0 Å². The molecule has 0 aliphatic rings. The van der Waals surface area contributed by atoms with E-state index in [1.807, 2.05) is 21.1 Å². The molecule has 0 bridgehead atoms. The minimum atomic E-state index is -4.34. The van der Waals surface area contributed by atoms with E-state index in [4.69, 9.17) is 18.5 Å². The molecule has 0 spiro atoms. The van der Waals surface area contributed by atoms with Gasteiger partial charge in [0.1, 0.15) is 19.8 Å². The number of phosphoric ester groups is 1. The van der Waals surface area contributed by atoms with Gasteiger partial charge in [-0.05, 0) is 12.8 Å². The average Bonchev–Trinajstić information content (AvgIpc) is 2.90. The zero-order valence-corrected chi connectivity index (χ0v) is 27.9. The van der Waals surface area contributed by atoms with Gasteiger partial charge in [-0.25, -0.2) is 4.57 Å². The lowest BCUT2D eigenvalue weighted by molar-refractivity contribution is -0.870. The number of unbranched alkanes of at least 4 members (excludes halogenated alkanes) is 15. The van der Waals surface area contributed by atoms with E-state index in [-0.39, 0.29) is 25.6 Å². The van der Waals surface area contributed by atoms with Crippen LogP contribution in [0.2, 0.25) is 0 Å². The van der Waals surface area contributed by atoms with Gasteiger partial charge in [-0.2, -0.15) is 0 Å². The molecule has 0 aromatic rings. The third-order valence-electron chi connectivity index (χ3n) is 6.89. The maximum atomic E-state index is 12.5. The highest BCUT2D eigenvalue weighted by Gasteiger charge is 2.27. The number of carbonyl (C=O) groups excluding carboxylic acids is 2. The first-order valence-electron chi connectivity index (χ1n) is 16.3. The molecular formula is C31H63NO8P+. The number of phosphoric acid groups is 1. The summed E-state index contributed by atoms with van der Waals surface area (Å²) in [6, 6.07) is 0. The van der Waals surface area contributed by atoms with Gasteiger partial charge >= 0.3 is 19.8 Å². The molecule has 9 nitrogen and oxygen atoms in total. The van der Waals surface area contributed by atoms with Crippen molar-refractivity contribution in [2.75, 3.05) is 47.5 Å². The van der Waals surface area contributed by atoms with Crippen LogP contribution in [-0.4, -0.2) is 74.9 Å².